The van der Waals surface area contributed by atoms with Gasteiger partial charge in [0.15, 0.2) is 0 Å². The van der Waals surface area contributed by atoms with E-state index in [-0.39, 0.29) is 6.10 Å². The van der Waals surface area contributed by atoms with Gasteiger partial charge in [-0.1, -0.05) is 18.2 Å². The molecule has 1 unspecified atom stereocenters. The third-order valence-corrected chi connectivity index (χ3v) is 3.09. The molecule has 0 bridgehead atoms. The highest BCUT2D eigenvalue weighted by Crippen LogP contribution is 2.24. The molecule has 1 aliphatic rings. The van der Waals surface area contributed by atoms with Crippen LogP contribution in [0, 0.1) is 6.92 Å². The molecule has 88 valence electrons. The molecule has 1 aliphatic heterocycles. The summed E-state index contributed by atoms with van der Waals surface area (Å²) in [4.78, 5) is 4.65. The number of pyridine rings is 1. The highest BCUT2D eigenvalue weighted by Gasteiger charge is 2.18. The number of para-hydroxylation sites is 1. The average molecular weight is 229 g/mol. The predicted octanol–water partition coefficient (Wildman–Crippen LogP) is 2.63. The lowest BCUT2D eigenvalue weighted by atomic mass is 10.1. The van der Waals surface area contributed by atoms with Crippen LogP contribution in [0.15, 0.2) is 30.3 Å². The van der Waals surface area contributed by atoms with E-state index in [9.17, 15) is 0 Å². The van der Waals surface area contributed by atoms with Crippen molar-refractivity contribution < 1.29 is 9.47 Å². The second-order valence-electron chi connectivity index (χ2n) is 4.32. The minimum absolute atomic E-state index is 0.0212. The van der Waals surface area contributed by atoms with Gasteiger partial charge in [-0.2, -0.15) is 0 Å². The largest absolute Gasteiger partial charge is 0.376 e. The summed E-state index contributed by atoms with van der Waals surface area (Å²) < 4.78 is 11.1. The summed E-state index contributed by atoms with van der Waals surface area (Å²) >= 11 is 0. The van der Waals surface area contributed by atoms with Gasteiger partial charge in [0.2, 0.25) is 0 Å². The van der Waals surface area contributed by atoms with Crippen LogP contribution in [-0.4, -0.2) is 24.8 Å². The molecular weight excluding hydrogens is 214 g/mol. The Morgan fingerprint density at radius 3 is 2.94 bits per heavy atom. The van der Waals surface area contributed by atoms with Crippen molar-refractivity contribution in [2.45, 2.75) is 13.0 Å². The number of hydrogen-bond acceptors (Lipinski definition) is 3. The molecule has 2 heterocycles. The molecule has 1 atom stereocenters. The summed E-state index contributed by atoms with van der Waals surface area (Å²) in [5.74, 6) is 0. The first-order valence-corrected chi connectivity index (χ1v) is 5.90. The molecule has 1 fully saturated rings. The molecule has 0 saturated carbocycles. The van der Waals surface area contributed by atoms with E-state index in [4.69, 9.17) is 9.47 Å². The Morgan fingerprint density at radius 2 is 2.12 bits per heavy atom. The van der Waals surface area contributed by atoms with Crippen LogP contribution in [0.1, 0.15) is 17.4 Å². The van der Waals surface area contributed by atoms with E-state index in [1.807, 2.05) is 18.2 Å². The van der Waals surface area contributed by atoms with Crippen molar-refractivity contribution in [1.82, 2.24) is 4.98 Å². The Labute approximate surface area is 100 Å². The smallest absolute Gasteiger partial charge is 0.123 e. The van der Waals surface area contributed by atoms with Crippen LogP contribution < -0.4 is 0 Å². The summed E-state index contributed by atoms with van der Waals surface area (Å²) in [6.07, 6.45) is -0.0212. The van der Waals surface area contributed by atoms with Gasteiger partial charge in [-0.15, -0.1) is 0 Å². The normalized spacial score (nSPS) is 20.6. The number of ether oxygens (including phenoxy) is 2. The fourth-order valence-corrected chi connectivity index (χ4v) is 2.20. The number of benzene rings is 1. The van der Waals surface area contributed by atoms with Crippen LogP contribution in [0.5, 0.6) is 0 Å². The van der Waals surface area contributed by atoms with Crippen LogP contribution >= 0.6 is 0 Å². The molecule has 0 amide bonds. The quantitative estimate of drug-likeness (QED) is 0.753. The van der Waals surface area contributed by atoms with E-state index < -0.39 is 0 Å². The zero-order valence-corrected chi connectivity index (χ0v) is 9.85. The molecule has 0 radical (unpaired) electrons. The molecule has 3 rings (SSSR count). The van der Waals surface area contributed by atoms with Gasteiger partial charge in [0.25, 0.3) is 0 Å². The second kappa shape index (κ2) is 4.43. The summed E-state index contributed by atoms with van der Waals surface area (Å²) in [6, 6.07) is 10.3. The van der Waals surface area contributed by atoms with E-state index >= 15 is 0 Å². The number of nitrogens with zero attached hydrogens (tertiary/aromatic N) is 1. The highest BCUT2D eigenvalue weighted by molar-refractivity contribution is 5.82. The van der Waals surface area contributed by atoms with Crippen molar-refractivity contribution in [3.63, 3.8) is 0 Å². The molecule has 3 nitrogen and oxygen atoms in total. The topological polar surface area (TPSA) is 31.4 Å². The third kappa shape index (κ3) is 2.04. The zero-order valence-electron chi connectivity index (χ0n) is 9.85. The van der Waals surface area contributed by atoms with Crippen molar-refractivity contribution in [3.05, 3.63) is 41.6 Å². The lowest BCUT2D eigenvalue weighted by Gasteiger charge is -2.23. The maximum atomic E-state index is 5.68. The summed E-state index contributed by atoms with van der Waals surface area (Å²) in [7, 11) is 0. The van der Waals surface area contributed by atoms with Gasteiger partial charge in [-0.3, -0.25) is 0 Å². The second-order valence-corrected chi connectivity index (χ2v) is 4.32. The lowest BCUT2D eigenvalue weighted by molar-refractivity contribution is -0.0916. The molecule has 17 heavy (non-hydrogen) atoms. The summed E-state index contributed by atoms with van der Waals surface area (Å²) in [5.41, 5.74) is 3.23. The lowest BCUT2D eigenvalue weighted by Crippen LogP contribution is -2.22. The van der Waals surface area contributed by atoms with Crippen LogP contribution in [0.4, 0.5) is 0 Å². The molecule has 1 aromatic heterocycles. The first-order valence-electron chi connectivity index (χ1n) is 5.90. The molecule has 0 N–H and O–H groups in total. The van der Waals surface area contributed by atoms with Crippen LogP contribution in [0.25, 0.3) is 10.9 Å². The van der Waals surface area contributed by atoms with Crippen LogP contribution in [0.3, 0.4) is 0 Å². The number of fused-ring (bicyclic) bond motifs is 1. The van der Waals surface area contributed by atoms with Crippen LogP contribution in [-0.2, 0) is 9.47 Å². The van der Waals surface area contributed by atoms with E-state index in [1.165, 1.54) is 10.9 Å². The van der Waals surface area contributed by atoms with Gasteiger partial charge in [-0.25, -0.2) is 4.98 Å². The zero-order chi connectivity index (χ0) is 11.7. The minimum atomic E-state index is -0.0212. The molecule has 3 heteroatoms. The number of aromatic nitrogens is 1. The molecule has 2 aromatic rings. The SMILES string of the molecule is Cc1cc(C2COCCO2)nc2ccccc12. The summed E-state index contributed by atoms with van der Waals surface area (Å²) in [5, 5.41) is 1.20. The van der Waals surface area contributed by atoms with Crippen molar-refractivity contribution >= 4 is 10.9 Å². The van der Waals surface area contributed by atoms with Gasteiger partial charge in [0.05, 0.1) is 31.0 Å². The third-order valence-electron chi connectivity index (χ3n) is 3.09. The van der Waals surface area contributed by atoms with Crippen molar-refractivity contribution in [2.75, 3.05) is 19.8 Å². The minimum Gasteiger partial charge on any atom is -0.376 e. The van der Waals surface area contributed by atoms with E-state index in [2.05, 4.69) is 24.0 Å². The fraction of sp³-hybridized carbons (Fsp3) is 0.357. The van der Waals surface area contributed by atoms with E-state index in [1.54, 1.807) is 0 Å². The molecule has 0 aliphatic carbocycles. The van der Waals surface area contributed by atoms with Crippen molar-refractivity contribution in [3.8, 4) is 0 Å². The van der Waals surface area contributed by atoms with Gasteiger partial charge >= 0.3 is 0 Å². The monoisotopic (exact) mass is 229 g/mol. The Hall–Kier alpha value is -1.45. The molecule has 0 spiro atoms. The van der Waals surface area contributed by atoms with E-state index in [0.717, 1.165) is 11.2 Å². The Balaban J connectivity index is 2.05. The van der Waals surface area contributed by atoms with Gasteiger partial charge < -0.3 is 9.47 Å². The number of aryl methyl sites for hydroxylation is 1. The van der Waals surface area contributed by atoms with Crippen molar-refractivity contribution in [2.24, 2.45) is 0 Å². The van der Waals surface area contributed by atoms with Crippen LogP contribution in [0.2, 0.25) is 0 Å². The van der Waals surface area contributed by atoms with E-state index in [0.29, 0.717) is 19.8 Å². The number of rotatable bonds is 1. The Morgan fingerprint density at radius 1 is 1.24 bits per heavy atom. The van der Waals surface area contributed by atoms with Crippen molar-refractivity contribution in [1.29, 1.82) is 0 Å². The predicted molar refractivity (Wildman–Crippen MR) is 66.0 cm³/mol. The first-order chi connectivity index (χ1) is 8.34. The maximum absolute atomic E-state index is 5.68. The molecular formula is C14H15NO2. The van der Waals surface area contributed by atoms with Gasteiger partial charge in [0, 0.05) is 5.39 Å². The average Bonchev–Trinajstić information content (AvgIpc) is 2.40. The fourth-order valence-electron chi connectivity index (χ4n) is 2.20. The molecule has 1 saturated heterocycles. The first kappa shape index (κ1) is 10.7. The maximum Gasteiger partial charge on any atom is 0.123 e. The Kier molecular flexibility index (Phi) is 2.79. The number of hydrogen-bond donors (Lipinski definition) is 0. The summed E-state index contributed by atoms with van der Waals surface area (Å²) in [6.45, 7) is 4.04. The highest BCUT2D eigenvalue weighted by atomic mass is 16.6. The standard InChI is InChI=1S/C14H15NO2/c1-10-8-13(14-9-16-6-7-17-14)15-12-5-3-2-4-11(10)12/h2-5,8,14H,6-7,9H2,1H3. The van der Waals surface area contributed by atoms with Gasteiger partial charge in [-0.05, 0) is 24.6 Å². The molecule has 1 aromatic carbocycles. The Bertz CT molecular complexity index is 533. The van der Waals surface area contributed by atoms with Gasteiger partial charge in [0.1, 0.15) is 6.10 Å².